The van der Waals surface area contributed by atoms with Crippen LogP contribution in [0.5, 0.6) is 11.5 Å². The third-order valence-corrected chi connectivity index (χ3v) is 2.57. The first kappa shape index (κ1) is 15.1. The summed E-state index contributed by atoms with van der Waals surface area (Å²) in [5.74, 6) is -0.537. The first-order valence-corrected chi connectivity index (χ1v) is 5.51. The van der Waals surface area contributed by atoms with Gasteiger partial charge in [-0.25, -0.2) is 4.79 Å². The second-order valence-electron chi connectivity index (χ2n) is 3.94. The van der Waals surface area contributed by atoms with Crippen molar-refractivity contribution in [2.24, 2.45) is 0 Å². The number of halogens is 1. The summed E-state index contributed by atoms with van der Waals surface area (Å²) in [6, 6.07) is 4.44. The summed E-state index contributed by atoms with van der Waals surface area (Å²) in [7, 11) is 0. The average molecular weight is 288 g/mol. The molecule has 104 valence electrons. The number of carbonyl (C=O) groups excluding carboxylic acids is 2. The number of alkyl carbamates (subject to hydrolysis) is 1. The summed E-state index contributed by atoms with van der Waals surface area (Å²) in [5.41, 5.74) is 0.736. The highest BCUT2D eigenvalue weighted by Crippen LogP contribution is 2.31. The van der Waals surface area contributed by atoms with Crippen molar-refractivity contribution in [2.75, 3.05) is 6.61 Å². The standard InChI is InChI=1S/C12H13NO5.ClH/c1-7(14)18-11-3-2-8(6-10(11)15)9-4-5-17-12(16)13-9;/h2-3,6,9,15H,4-5H2,1H3,(H,13,16);1H/t9-;/m1./s1. The van der Waals surface area contributed by atoms with Crippen LogP contribution in [0.4, 0.5) is 4.79 Å². The molecule has 0 aromatic heterocycles. The van der Waals surface area contributed by atoms with E-state index in [0.717, 1.165) is 5.56 Å². The molecule has 0 spiro atoms. The van der Waals surface area contributed by atoms with Gasteiger partial charge in [-0.3, -0.25) is 4.79 Å². The Kier molecular flexibility index (Phi) is 5.00. The fourth-order valence-electron chi connectivity index (χ4n) is 1.77. The molecule has 1 fully saturated rings. The smallest absolute Gasteiger partial charge is 0.407 e. The van der Waals surface area contributed by atoms with Crippen molar-refractivity contribution in [1.29, 1.82) is 0 Å². The predicted octanol–water partition coefficient (Wildman–Crippen LogP) is 1.91. The average Bonchev–Trinajstić information content (AvgIpc) is 2.31. The van der Waals surface area contributed by atoms with Crippen LogP contribution in [0.15, 0.2) is 18.2 Å². The molecule has 1 saturated heterocycles. The van der Waals surface area contributed by atoms with Crippen molar-refractivity contribution in [3.63, 3.8) is 0 Å². The zero-order chi connectivity index (χ0) is 13.1. The molecular weight excluding hydrogens is 274 g/mol. The van der Waals surface area contributed by atoms with Gasteiger partial charge in [0, 0.05) is 13.3 Å². The van der Waals surface area contributed by atoms with Gasteiger partial charge in [-0.05, 0) is 17.7 Å². The monoisotopic (exact) mass is 287 g/mol. The van der Waals surface area contributed by atoms with Crippen LogP contribution in [0.1, 0.15) is 24.9 Å². The molecule has 1 atom stereocenters. The summed E-state index contributed by atoms with van der Waals surface area (Å²) in [4.78, 5) is 21.9. The van der Waals surface area contributed by atoms with Gasteiger partial charge in [-0.2, -0.15) is 0 Å². The van der Waals surface area contributed by atoms with Gasteiger partial charge < -0.3 is 19.9 Å². The highest BCUT2D eigenvalue weighted by Gasteiger charge is 2.21. The van der Waals surface area contributed by atoms with Gasteiger partial charge in [0.1, 0.15) is 0 Å². The molecular formula is C12H14ClNO5. The van der Waals surface area contributed by atoms with Crippen molar-refractivity contribution in [3.05, 3.63) is 23.8 Å². The molecule has 2 rings (SSSR count). The highest BCUT2D eigenvalue weighted by molar-refractivity contribution is 5.85. The zero-order valence-corrected chi connectivity index (χ0v) is 11.0. The van der Waals surface area contributed by atoms with E-state index in [4.69, 9.17) is 9.47 Å². The number of hydrogen-bond donors (Lipinski definition) is 2. The molecule has 2 N–H and O–H groups in total. The molecule has 6 nitrogen and oxygen atoms in total. The van der Waals surface area contributed by atoms with Gasteiger partial charge >= 0.3 is 12.1 Å². The van der Waals surface area contributed by atoms with Crippen LogP contribution in [0.25, 0.3) is 0 Å². The fourth-order valence-corrected chi connectivity index (χ4v) is 1.77. The minimum atomic E-state index is -0.502. The Bertz CT molecular complexity index is 491. The number of cyclic esters (lactones) is 1. The second kappa shape index (κ2) is 6.29. The largest absolute Gasteiger partial charge is 0.504 e. The van der Waals surface area contributed by atoms with E-state index >= 15 is 0 Å². The van der Waals surface area contributed by atoms with Crippen molar-refractivity contribution < 1.29 is 24.2 Å². The summed E-state index contributed by atoms with van der Waals surface area (Å²) in [6.45, 7) is 1.59. The molecule has 19 heavy (non-hydrogen) atoms. The summed E-state index contributed by atoms with van der Waals surface area (Å²) in [5, 5.41) is 12.4. The molecule has 1 heterocycles. The van der Waals surface area contributed by atoms with Crippen LogP contribution < -0.4 is 10.1 Å². The van der Waals surface area contributed by atoms with Crippen LogP contribution in [-0.2, 0) is 9.53 Å². The lowest BCUT2D eigenvalue weighted by molar-refractivity contribution is -0.132. The lowest BCUT2D eigenvalue weighted by atomic mass is 10.0. The van der Waals surface area contributed by atoms with Crippen LogP contribution in [-0.4, -0.2) is 23.8 Å². The Morgan fingerprint density at radius 1 is 1.53 bits per heavy atom. The second-order valence-corrected chi connectivity index (χ2v) is 3.94. The number of esters is 1. The quantitative estimate of drug-likeness (QED) is 0.641. The Morgan fingerprint density at radius 2 is 2.26 bits per heavy atom. The van der Waals surface area contributed by atoms with Crippen molar-refractivity contribution in [2.45, 2.75) is 19.4 Å². The molecule has 0 radical (unpaired) electrons. The van der Waals surface area contributed by atoms with E-state index in [9.17, 15) is 14.7 Å². The SMILES string of the molecule is CC(=O)Oc1ccc([C@H]2CCOC(=O)N2)cc1O.Cl. The minimum Gasteiger partial charge on any atom is -0.504 e. The van der Waals surface area contributed by atoms with Crippen molar-refractivity contribution in [1.82, 2.24) is 5.32 Å². The number of phenolic OH excluding ortho intramolecular Hbond substituents is 1. The van der Waals surface area contributed by atoms with E-state index < -0.39 is 12.1 Å². The lowest BCUT2D eigenvalue weighted by Gasteiger charge is -2.23. The van der Waals surface area contributed by atoms with Crippen LogP contribution >= 0.6 is 12.4 Å². The Labute approximate surface area is 116 Å². The van der Waals surface area contributed by atoms with Crippen LogP contribution in [0.2, 0.25) is 0 Å². The highest BCUT2D eigenvalue weighted by atomic mass is 35.5. The lowest BCUT2D eigenvalue weighted by Crippen LogP contribution is -2.35. The molecule has 1 aliphatic rings. The maximum absolute atomic E-state index is 11.1. The predicted molar refractivity (Wildman–Crippen MR) is 68.5 cm³/mol. The summed E-state index contributed by atoms with van der Waals surface area (Å²) < 4.78 is 9.56. The topological polar surface area (TPSA) is 84.9 Å². The fraction of sp³-hybridized carbons (Fsp3) is 0.333. The van der Waals surface area contributed by atoms with E-state index in [1.54, 1.807) is 6.07 Å². The van der Waals surface area contributed by atoms with E-state index in [-0.39, 0.29) is 29.9 Å². The Balaban J connectivity index is 0.00000180. The van der Waals surface area contributed by atoms with Crippen LogP contribution in [0.3, 0.4) is 0 Å². The number of ether oxygens (including phenoxy) is 2. The number of rotatable bonds is 2. The van der Waals surface area contributed by atoms with E-state index in [1.165, 1.54) is 19.1 Å². The van der Waals surface area contributed by atoms with Crippen molar-refractivity contribution in [3.8, 4) is 11.5 Å². The molecule has 1 aromatic carbocycles. The number of nitrogens with one attached hydrogen (secondary N) is 1. The Hall–Kier alpha value is -1.95. The maximum atomic E-state index is 11.1. The molecule has 0 saturated carbocycles. The van der Waals surface area contributed by atoms with Crippen LogP contribution in [0, 0.1) is 0 Å². The molecule has 0 aliphatic carbocycles. The molecule has 0 bridgehead atoms. The normalized spacial score (nSPS) is 17.7. The van der Waals surface area contributed by atoms with Gasteiger partial charge in [0.25, 0.3) is 0 Å². The van der Waals surface area contributed by atoms with E-state index in [2.05, 4.69) is 5.32 Å². The maximum Gasteiger partial charge on any atom is 0.407 e. The summed E-state index contributed by atoms with van der Waals surface area (Å²) >= 11 is 0. The number of benzene rings is 1. The van der Waals surface area contributed by atoms with Gasteiger partial charge in [-0.15, -0.1) is 12.4 Å². The third kappa shape index (κ3) is 3.75. The van der Waals surface area contributed by atoms with Gasteiger partial charge in [0.15, 0.2) is 11.5 Å². The number of phenols is 1. The summed E-state index contributed by atoms with van der Waals surface area (Å²) in [6.07, 6.45) is 0.146. The van der Waals surface area contributed by atoms with Gasteiger partial charge in [0.05, 0.1) is 12.6 Å². The third-order valence-electron chi connectivity index (χ3n) is 2.57. The number of amides is 1. The molecule has 1 aliphatic heterocycles. The number of hydrogen-bond acceptors (Lipinski definition) is 5. The van der Waals surface area contributed by atoms with Crippen molar-refractivity contribution >= 4 is 24.5 Å². The molecule has 7 heteroatoms. The number of carbonyl (C=O) groups is 2. The first-order chi connectivity index (χ1) is 8.56. The van der Waals surface area contributed by atoms with E-state index in [0.29, 0.717) is 13.0 Å². The Morgan fingerprint density at radius 3 is 2.84 bits per heavy atom. The molecule has 0 unspecified atom stereocenters. The molecule has 1 amide bonds. The first-order valence-electron chi connectivity index (χ1n) is 5.51. The zero-order valence-electron chi connectivity index (χ0n) is 10.2. The van der Waals surface area contributed by atoms with Gasteiger partial charge in [0.2, 0.25) is 0 Å². The van der Waals surface area contributed by atoms with Gasteiger partial charge in [-0.1, -0.05) is 6.07 Å². The minimum absolute atomic E-state index is 0. The number of aromatic hydroxyl groups is 1. The van der Waals surface area contributed by atoms with E-state index in [1.807, 2.05) is 0 Å². The molecule has 1 aromatic rings.